The highest BCUT2D eigenvalue weighted by atomic mass is 32.2. The number of furan rings is 1. The maximum absolute atomic E-state index is 11.3. The monoisotopic (exact) mass is 381 g/mol. The summed E-state index contributed by atoms with van der Waals surface area (Å²) in [7, 11) is -3.71. The summed E-state index contributed by atoms with van der Waals surface area (Å²) in [5.74, 6) is 1.64. The molecule has 4 N–H and O–H groups in total. The van der Waals surface area contributed by atoms with Gasteiger partial charge in [-0.05, 0) is 48.5 Å². The number of hydrogen-bond donors (Lipinski definition) is 3. The van der Waals surface area contributed by atoms with Crippen LogP contribution in [0.3, 0.4) is 0 Å². The van der Waals surface area contributed by atoms with E-state index in [4.69, 9.17) is 9.56 Å². The second-order valence-electron chi connectivity index (χ2n) is 5.74. The zero-order valence-electron chi connectivity index (χ0n) is 14.0. The van der Waals surface area contributed by atoms with E-state index in [9.17, 15) is 8.42 Å². The smallest absolute Gasteiger partial charge is 0.238 e. The lowest BCUT2D eigenvalue weighted by Gasteiger charge is -2.00. The minimum atomic E-state index is -3.71. The Morgan fingerprint density at radius 3 is 2.59 bits per heavy atom. The van der Waals surface area contributed by atoms with Crippen LogP contribution in [0.1, 0.15) is 5.76 Å². The van der Waals surface area contributed by atoms with Crippen LogP contribution in [0, 0.1) is 0 Å². The van der Waals surface area contributed by atoms with Gasteiger partial charge < -0.3 is 9.40 Å². The highest BCUT2D eigenvalue weighted by Crippen LogP contribution is 2.23. The lowest BCUT2D eigenvalue weighted by molar-refractivity contribution is 0.575. The first-order valence-electron chi connectivity index (χ1n) is 7.96. The molecule has 0 saturated heterocycles. The minimum Gasteiger partial charge on any atom is -0.455 e. The van der Waals surface area contributed by atoms with Gasteiger partial charge in [0, 0.05) is 5.56 Å². The van der Waals surface area contributed by atoms with Gasteiger partial charge in [-0.25, -0.2) is 24.0 Å². The number of benzene rings is 2. The Morgan fingerprint density at radius 1 is 1.07 bits per heavy atom. The number of imidazole rings is 1. The van der Waals surface area contributed by atoms with Crippen molar-refractivity contribution in [2.24, 2.45) is 10.2 Å². The summed E-state index contributed by atoms with van der Waals surface area (Å²) in [6.45, 7) is 0. The SMILES string of the molecule is NS(=O)(=O)c1ccc(-c2ccc(/C=N\Nc3nc4ccccc4[nH]3)o2)cc1. The first-order chi connectivity index (χ1) is 13.0. The van der Waals surface area contributed by atoms with Crippen molar-refractivity contribution in [2.75, 3.05) is 5.43 Å². The summed E-state index contributed by atoms with van der Waals surface area (Å²) < 4.78 is 28.3. The molecule has 27 heavy (non-hydrogen) atoms. The number of fused-ring (bicyclic) bond motifs is 1. The van der Waals surface area contributed by atoms with Crippen LogP contribution in [0.25, 0.3) is 22.4 Å². The van der Waals surface area contributed by atoms with Crippen LogP contribution in [0.4, 0.5) is 5.95 Å². The molecule has 0 bridgehead atoms. The Labute approximate surface area is 154 Å². The van der Waals surface area contributed by atoms with Crippen LogP contribution in [-0.4, -0.2) is 24.6 Å². The summed E-state index contributed by atoms with van der Waals surface area (Å²) in [5, 5.41) is 9.20. The fraction of sp³-hybridized carbons (Fsp3) is 0. The Hall–Kier alpha value is -3.43. The van der Waals surface area contributed by atoms with Gasteiger partial charge in [0.25, 0.3) is 0 Å². The van der Waals surface area contributed by atoms with Crippen molar-refractivity contribution in [2.45, 2.75) is 4.90 Å². The topological polar surface area (TPSA) is 126 Å². The first-order valence-corrected chi connectivity index (χ1v) is 9.50. The molecule has 8 nitrogen and oxygen atoms in total. The minimum absolute atomic E-state index is 0.0506. The molecular weight excluding hydrogens is 366 g/mol. The predicted octanol–water partition coefficient (Wildman–Crippen LogP) is 2.92. The summed E-state index contributed by atoms with van der Waals surface area (Å²) in [6, 6.07) is 17.3. The molecule has 0 atom stereocenters. The van der Waals surface area contributed by atoms with Crippen LogP contribution in [0.15, 0.2) is 75.1 Å². The van der Waals surface area contributed by atoms with Gasteiger partial charge in [0.2, 0.25) is 16.0 Å². The second kappa shape index (κ2) is 6.71. The van der Waals surface area contributed by atoms with Gasteiger partial charge in [0.15, 0.2) is 0 Å². The Bertz CT molecular complexity index is 1190. The Morgan fingerprint density at radius 2 is 1.85 bits per heavy atom. The van der Waals surface area contributed by atoms with Gasteiger partial charge >= 0.3 is 0 Å². The van der Waals surface area contributed by atoms with Crippen molar-refractivity contribution in [3.05, 3.63) is 66.4 Å². The van der Waals surface area contributed by atoms with E-state index in [-0.39, 0.29) is 4.90 Å². The van der Waals surface area contributed by atoms with E-state index in [1.54, 1.807) is 24.3 Å². The lowest BCUT2D eigenvalue weighted by Crippen LogP contribution is -2.11. The van der Waals surface area contributed by atoms with E-state index < -0.39 is 10.0 Å². The van der Waals surface area contributed by atoms with Crippen molar-refractivity contribution in [1.29, 1.82) is 0 Å². The highest BCUT2D eigenvalue weighted by molar-refractivity contribution is 7.89. The summed E-state index contributed by atoms with van der Waals surface area (Å²) in [4.78, 5) is 7.51. The Kier molecular flexibility index (Phi) is 4.22. The zero-order valence-corrected chi connectivity index (χ0v) is 14.8. The number of nitrogens with zero attached hydrogens (tertiary/aromatic N) is 2. The third-order valence-corrected chi connectivity index (χ3v) is 4.77. The molecule has 2 aromatic heterocycles. The van der Waals surface area contributed by atoms with Gasteiger partial charge in [0.1, 0.15) is 11.5 Å². The predicted molar refractivity (Wildman–Crippen MR) is 103 cm³/mol. The molecule has 0 aliphatic carbocycles. The fourth-order valence-corrected chi connectivity index (χ4v) is 3.06. The van der Waals surface area contributed by atoms with Crippen molar-refractivity contribution >= 4 is 33.2 Å². The number of hydrazone groups is 1. The van der Waals surface area contributed by atoms with Crippen LogP contribution < -0.4 is 10.6 Å². The molecule has 9 heteroatoms. The highest BCUT2D eigenvalue weighted by Gasteiger charge is 2.09. The molecule has 4 rings (SSSR count). The van der Waals surface area contributed by atoms with Gasteiger partial charge in [-0.15, -0.1) is 0 Å². The van der Waals surface area contributed by atoms with E-state index in [1.807, 2.05) is 24.3 Å². The summed E-state index contributed by atoms with van der Waals surface area (Å²) >= 11 is 0. The number of H-pyrrole nitrogens is 1. The van der Waals surface area contributed by atoms with Crippen LogP contribution >= 0.6 is 0 Å². The zero-order chi connectivity index (χ0) is 18.9. The van der Waals surface area contributed by atoms with Crippen molar-refractivity contribution in [3.8, 4) is 11.3 Å². The van der Waals surface area contributed by atoms with E-state index in [0.717, 1.165) is 16.6 Å². The van der Waals surface area contributed by atoms with E-state index >= 15 is 0 Å². The number of primary sulfonamides is 1. The van der Waals surface area contributed by atoms with Crippen LogP contribution in [0.5, 0.6) is 0 Å². The number of sulfonamides is 1. The average Bonchev–Trinajstić information content (AvgIpc) is 3.27. The van der Waals surface area contributed by atoms with E-state index in [0.29, 0.717) is 17.5 Å². The van der Waals surface area contributed by atoms with Crippen LogP contribution in [-0.2, 0) is 10.0 Å². The summed E-state index contributed by atoms with van der Waals surface area (Å²) in [5.41, 5.74) is 5.31. The number of anilines is 1. The standard InChI is InChI=1S/C18H15N5O3S/c19-27(24,25)14-8-5-12(6-9-14)17-10-7-13(26-17)11-20-23-18-21-15-3-1-2-4-16(15)22-18/h1-11H,(H2,19,24,25)(H2,21,22,23)/b20-11-. The molecule has 4 aromatic rings. The Balaban J connectivity index is 1.46. The van der Waals surface area contributed by atoms with Crippen molar-refractivity contribution < 1.29 is 12.8 Å². The number of para-hydroxylation sites is 2. The fourth-order valence-electron chi connectivity index (χ4n) is 2.55. The molecule has 0 radical (unpaired) electrons. The number of aromatic amines is 1. The van der Waals surface area contributed by atoms with Crippen LogP contribution in [0.2, 0.25) is 0 Å². The molecule has 0 fully saturated rings. The molecule has 136 valence electrons. The third-order valence-electron chi connectivity index (χ3n) is 3.85. The molecular formula is C18H15N5O3S. The van der Waals surface area contributed by atoms with Gasteiger partial charge in [-0.3, -0.25) is 0 Å². The maximum Gasteiger partial charge on any atom is 0.238 e. The molecule has 0 aliphatic rings. The lowest BCUT2D eigenvalue weighted by atomic mass is 10.2. The third kappa shape index (κ3) is 3.73. The normalized spacial score (nSPS) is 12.0. The maximum atomic E-state index is 11.3. The van der Waals surface area contributed by atoms with E-state index in [2.05, 4.69) is 20.5 Å². The largest absolute Gasteiger partial charge is 0.455 e. The van der Waals surface area contributed by atoms with Gasteiger partial charge in [-0.2, -0.15) is 5.10 Å². The average molecular weight is 381 g/mol. The van der Waals surface area contributed by atoms with Gasteiger partial charge in [0.05, 0.1) is 22.1 Å². The number of hydrogen-bond acceptors (Lipinski definition) is 6. The van der Waals surface area contributed by atoms with Crippen molar-refractivity contribution in [3.63, 3.8) is 0 Å². The quantitative estimate of drug-likeness (QED) is 0.362. The number of nitrogens with two attached hydrogens (primary N) is 1. The van der Waals surface area contributed by atoms with Gasteiger partial charge in [-0.1, -0.05) is 12.1 Å². The summed E-state index contributed by atoms with van der Waals surface area (Å²) in [6.07, 6.45) is 1.52. The first kappa shape index (κ1) is 17.0. The molecule has 0 amide bonds. The van der Waals surface area contributed by atoms with Crippen molar-refractivity contribution in [1.82, 2.24) is 9.97 Å². The molecule has 2 heterocycles. The molecule has 2 aromatic carbocycles. The second-order valence-corrected chi connectivity index (χ2v) is 7.31. The molecule has 0 aliphatic heterocycles. The molecule has 0 saturated carbocycles. The molecule has 0 spiro atoms. The van der Waals surface area contributed by atoms with E-state index in [1.165, 1.54) is 18.3 Å². The number of nitrogens with one attached hydrogen (secondary N) is 2. The molecule has 0 unspecified atom stereocenters. The number of aromatic nitrogens is 2. The number of rotatable bonds is 5.